The molecule has 0 fully saturated rings. The van der Waals surface area contributed by atoms with E-state index in [4.69, 9.17) is 13.3 Å². The van der Waals surface area contributed by atoms with Crippen molar-refractivity contribution in [2.45, 2.75) is 51.6 Å². The molecule has 2 aromatic heterocycles. The summed E-state index contributed by atoms with van der Waals surface area (Å²) in [5, 5.41) is 3.84. The van der Waals surface area contributed by atoms with Gasteiger partial charge in [-0.3, -0.25) is 4.55 Å². The number of aryl methyl sites for hydroxylation is 3. The van der Waals surface area contributed by atoms with E-state index in [1.54, 1.807) is 24.0 Å². The number of rotatable bonds is 10. The van der Waals surface area contributed by atoms with Crippen molar-refractivity contribution >= 4 is 10.4 Å². The Morgan fingerprint density at radius 1 is 1.33 bits per heavy atom. The molecule has 0 amide bonds. The van der Waals surface area contributed by atoms with Crippen LogP contribution in [0.25, 0.3) is 0 Å². The zero-order valence-electron chi connectivity index (χ0n) is 13.9. The zero-order chi connectivity index (χ0) is 17.6. The van der Waals surface area contributed by atoms with Gasteiger partial charge in [0, 0.05) is 31.9 Å². The highest BCUT2D eigenvalue weighted by atomic mass is 32.3. The van der Waals surface area contributed by atoms with Gasteiger partial charge in [0.2, 0.25) is 0 Å². The SMILES string of the molecule is Cc1cc(CCCCCCC(OS(=O)(=O)O)c2nccn2C)on1. The highest BCUT2D eigenvalue weighted by molar-refractivity contribution is 7.80. The van der Waals surface area contributed by atoms with E-state index >= 15 is 0 Å². The fourth-order valence-electron chi connectivity index (χ4n) is 2.57. The molecule has 0 spiro atoms. The Hall–Kier alpha value is -1.71. The molecule has 8 nitrogen and oxygen atoms in total. The van der Waals surface area contributed by atoms with Gasteiger partial charge in [-0.2, -0.15) is 8.42 Å². The van der Waals surface area contributed by atoms with Crippen molar-refractivity contribution < 1.29 is 21.7 Å². The van der Waals surface area contributed by atoms with Crippen LogP contribution in [0.1, 0.15) is 55.5 Å². The quantitative estimate of drug-likeness (QED) is 0.514. The molecular formula is C15H23N3O5S. The Bertz CT molecular complexity index is 738. The van der Waals surface area contributed by atoms with Gasteiger partial charge < -0.3 is 9.09 Å². The second-order valence-electron chi connectivity index (χ2n) is 5.80. The molecule has 2 heterocycles. The number of imidazole rings is 1. The summed E-state index contributed by atoms with van der Waals surface area (Å²) in [7, 11) is -2.77. The molecule has 0 radical (unpaired) electrons. The average molecular weight is 357 g/mol. The van der Waals surface area contributed by atoms with E-state index in [9.17, 15) is 8.42 Å². The van der Waals surface area contributed by atoms with Crippen LogP contribution in [0.15, 0.2) is 23.0 Å². The lowest BCUT2D eigenvalue weighted by Gasteiger charge is -2.15. The summed E-state index contributed by atoms with van der Waals surface area (Å²) in [4.78, 5) is 4.10. The second-order valence-corrected chi connectivity index (χ2v) is 6.84. The van der Waals surface area contributed by atoms with Crippen LogP contribution in [0.2, 0.25) is 0 Å². The van der Waals surface area contributed by atoms with Gasteiger partial charge in [-0.25, -0.2) is 9.17 Å². The third-order valence-electron chi connectivity index (χ3n) is 3.70. The van der Waals surface area contributed by atoms with Crippen molar-refractivity contribution in [3.8, 4) is 0 Å². The second kappa shape index (κ2) is 8.41. The first-order valence-electron chi connectivity index (χ1n) is 7.90. The minimum absolute atomic E-state index is 0.464. The molecule has 2 rings (SSSR count). The third-order valence-corrected chi connectivity index (χ3v) is 4.18. The topological polar surface area (TPSA) is 107 Å². The maximum atomic E-state index is 11.0. The van der Waals surface area contributed by atoms with Crippen LogP contribution >= 0.6 is 0 Å². The monoisotopic (exact) mass is 357 g/mol. The summed E-state index contributed by atoms with van der Waals surface area (Å²) in [6.45, 7) is 1.89. The van der Waals surface area contributed by atoms with E-state index in [-0.39, 0.29) is 0 Å². The van der Waals surface area contributed by atoms with E-state index in [1.807, 2.05) is 13.0 Å². The molecule has 0 aromatic carbocycles. The molecule has 2 aromatic rings. The van der Waals surface area contributed by atoms with Crippen LogP contribution in [0, 0.1) is 6.92 Å². The Labute approximate surface area is 141 Å². The molecule has 24 heavy (non-hydrogen) atoms. The van der Waals surface area contributed by atoms with Crippen molar-refractivity contribution in [1.29, 1.82) is 0 Å². The summed E-state index contributed by atoms with van der Waals surface area (Å²) >= 11 is 0. The zero-order valence-corrected chi connectivity index (χ0v) is 14.7. The largest absolute Gasteiger partial charge is 0.398 e. The molecule has 1 N–H and O–H groups in total. The molecule has 1 unspecified atom stereocenters. The predicted octanol–water partition coefficient (Wildman–Crippen LogP) is 2.77. The van der Waals surface area contributed by atoms with Crippen LogP contribution < -0.4 is 0 Å². The lowest BCUT2D eigenvalue weighted by atomic mass is 10.1. The lowest BCUT2D eigenvalue weighted by Crippen LogP contribution is -2.15. The summed E-state index contributed by atoms with van der Waals surface area (Å²) in [6, 6.07) is 1.93. The minimum atomic E-state index is -4.52. The first-order chi connectivity index (χ1) is 11.3. The summed E-state index contributed by atoms with van der Waals surface area (Å²) in [5.41, 5.74) is 0.880. The maximum Gasteiger partial charge on any atom is 0.398 e. The van der Waals surface area contributed by atoms with Gasteiger partial charge in [-0.15, -0.1) is 0 Å². The number of unbranched alkanes of at least 4 members (excludes halogenated alkanes) is 3. The molecule has 0 saturated carbocycles. The maximum absolute atomic E-state index is 11.0. The van der Waals surface area contributed by atoms with Crippen LogP contribution in [-0.2, 0) is 28.1 Å². The number of nitrogens with zero attached hydrogens (tertiary/aromatic N) is 3. The van der Waals surface area contributed by atoms with Gasteiger partial charge in [-0.1, -0.05) is 24.4 Å². The molecule has 0 aliphatic carbocycles. The molecule has 0 aliphatic heterocycles. The number of hydrogen-bond acceptors (Lipinski definition) is 6. The fraction of sp³-hybridized carbons (Fsp3) is 0.600. The number of aromatic nitrogens is 3. The molecule has 134 valence electrons. The average Bonchev–Trinajstić information content (AvgIpc) is 3.08. The summed E-state index contributed by atoms with van der Waals surface area (Å²) in [6.07, 6.45) is 7.43. The van der Waals surface area contributed by atoms with Crippen LogP contribution in [0.4, 0.5) is 0 Å². The molecule has 9 heteroatoms. The van der Waals surface area contributed by atoms with Gasteiger partial charge >= 0.3 is 10.4 Å². The molecule has 1 atom stereocenters. The first kappa shape index (κ1) is 18.6. The van der Waals surface area contributed by atoms with E-state index < -0.39 is 16.5 Å². The predicted molar refractivity (Wildman–Crippen MR) is 86.6 cm³/mol. The van der Waals surface area contributed by atoms with Crippen LogP contribution in [0.5, 0.6) is 0 Å². The van der Waals surface area contributed by atoms with Crippen LogP contribution in [0.3, 0.4) is 0 Å². The number of hydrogen-bond donors (Lipinski definition) is 1. The van der Waals surface area contributed by atoms with Crippen molar-refractivity contribution in [3.05, 3.63) is 35.7 Å². The van der Waals surface area contributed by atoms with Gasteiger partial charge in [0.25, 0.3) is 0 Å². The van der Waals surface area contributed by atoms with Crippen molar-refractivity contribution in [2.24, 2.45) is 7.05 Å². The minimum Gasteiger partial charge on any atom is -0.361 e. The van der Waals surface area contributed by atoms with E-state index in [0.29, 0.717) is 12.2 Å². The third kappa shape index (κ3) is 6.06. The highest BCUT2D eigenvalue weighted by Crippen LogP contribution is 2.24. The van der Waals surface area contributed by atoms with E-state index in [0.717, 1.165) is 43.6 Å². The normalized spacial score (nSPS) is 13.3. The smallest absolute Gasteiger partial charge is 0.361 e. The summed E-state index contributed by atoms with van der Waals surface area (Å²) < 4.78 is 42.6. The Morgan fingerprint density at radius 2 is 2.08 bits per heavy atom. The summed E-state index contributed by atoms with van der Waals surface area (Å²) in [5.74, 6) is 1.36. The Morgan fingerprint density at radius 3 is 2.67 bits per heavy atom. The van der Waals surface area contributed by atoms with Gasteiger partial charge in [0.1, 0.15) is 17.7 Å². The lowest BCUT2D eigenvalue weighted by molar-refractivity contribution is 0.160. The van der Waals surface area contributed by atoms with Gasteiger partial charge in [0.15, 0.2) is 0 Å². The Kier molecular flexibility index (Phi) is 6.52. The molecule has 0 saturated heterocycles. The molecule has 0 aliphatic rings. The Balaban J connectivity index is 1.75. The van der Waals surface area contributed by atoms with Crippen molar-refractivity contribution in [1.82, 2.24) is 14.7 Å². The molecule has 0 bridgehead atoms. The standard InChI is InChI=1S/C15H23N3O5S/c1-12-11-13(22-17-12)7-5-3-4-6-8-14(23-24(19,20)21)15-16-9-10-18(15)2/h9-11,14H,3-8H2,1-2H3,(H,19,20,21). The highest BCUT2D eigenvalue weighted by Gasteiger charge is 2.22. The molecular weight excluding hydrogens is 334 g/mol. The van der Waals surface area contributed by atoms with E-state index in [2.05, 4.69) is 10.1 Å². The van der Waals surface area contributed by atoms with Crippen molar-refractivity contribution in [3.63, 3.8) is 0 Å². The van der Waals surface area contributed by atoms with Gasteiger partial charge in [-0.05, 0) is 19.8 Å². The van der Waals surface area contributed by atoms with E-state index in [1.165, 1.54) is 0 Å². The first-order valence-corrected chi connectivity index (χ1v) is 9.27. The van der Waals surface area contributed by atoms with Crippen LogP contribution in [-0.4, -0.2) is 27.7 Å². The fourth-order valence-corrected chi connectivity index (χ4v) is 3.05. The van der Waals surface area contributed by atoms with Crippen molar-refractivity contribution in [2.75, 3.05) is 0 Å². The van der Waals surface area contributed by atoms with Gasteiger partial charge in [0.05, 0.1) is 5.69 Å².